The molecule has 14 nitrogen and oxygen atoms in total. The molecule has 14 heteroatoms. The number of hydrogen-bond donors (Lipinski definition) is 9. The number of allylic oxidation sites excluding steroid dienone is 3. The zero-order valence-electron chi connectivity index (χ0n) is 39.1. The molecule has 2 rings (SSSR count). The Morgan fingerprint density at radius 2 is 1.00 bits per heavy atom. The minimum Gasteiger partial charge on any atom is -0.394 e. The van der Waals surface area contributed by atoms with Crippen molar-refractivity contribution in [2.45, 2.75) is 261 Å². The first-order valence-electron chi connectivity index (χ1n) is 25.1. The summed E-state index contributed by atoms with van der Waals surface area (Å²) in [6, 6.07) is -0.924. The second-order valence-corrected chi connectivity index (χ2v) is 17.9. The molecule has 12 unspecified atom stereocenters. The fourth-order valence-corrected chi connectivity index (χ4v) is 8.27. The van der Waals surface area contributed by atoms with E-state index in [0.29, 0.717) is 6.42 Å². The Morgan fingerprint density at radius 3 is 1.49 bits per heavy atom. The summed E-state index contributed by atoms with van der Waals surface area (Å²) in [6.45, 7) is 2.20. The quantitative estimate of drug-likeness (QED) is 0.0250. The van der Waals surface area contributed by atoms with Crippen molar-refractivity contribution in [1.82, 2.24) is 5.32 Å². The van der Waals surface area contributed by atoms with E-state index in [9.17, 15) is 45.6 Å². The molecule has 370 valence electrons. The van der Waals surface area contributed by atoms with E-state index in [4.69, 9.17) is 18.9 Å². The number of amides is 1. The van der Waals surface area contributed by atoms with Gasteiger partial charge in [0.25, 0.3) is 0 Å². The standard InChI is InChI=1S/C49H91NO13/c1-3-5-6-7-8-9-10-11-12-13-14-15-16-17-18-19-20-21-22-23-24-25-26-27-28-29-30-31-32-33-38(53)37(50-41(54)4-2)36-60-48-46(59)44(57)47(40(35-52)62-48)63-49-45(58)43(56)42(55)39(34-51)61-49/h28-29,32-33,37-40,42-49,51-53,55-59H,3-27,30-31,34-36H2,1-2H3,(H,50,54)/b29-28+,33-32+. The van der Waals surface area contributed by atoms with Crippen molar-refractivity contribution in [3.63, 3.8) is 0 Å². The van der Waals surface area contributed by atoms with Gasteiger partial charge in [-0.3, -0.25) is 4.79 Å². The van der Waals surface area contributed by atoms with Crippen LogP contribution in [0.2, 0.25) is 0 Å². The van der Waals surface area contributed by atoms with Crippen molar-refractivity contribution < 1.29 is 64.6 Å². The Bertz CT molecular complexity index is 1160. The topological polar surface area (TPSA) is 228 Å². The van der Waals surface area contributed by atoms with Crippen molar-refractivity contribution in [2.75, 3.05) is 19.8 Å². The van der Waals surface area contributed by atoms with Gasteiger partial charge in [0.2, 0.25) is 5.91 Å². The van der Waals surface area contributed by atoms with Crippen LogP contribution in [-0.2, 0) is 23.7 Å². The molecule has 12 atom stereocenters. The van der Waals surface area contributed by atoms with Gasteiger partial charge in [-0.25, -0.2) is 0 Å². The molecule has 9 N–H and O–H groups in total. The molecule has 2 heterocycles. The third-order valence-corrected chi connectivity index (χ3v) is 12.5. The zero-order valence-corrected chi connectivity index (χ0v) is 39.1. The average molecular weight is 902 g/mol. The molecule has 2 fully saturated rings. The lowest BCUT2D eigenvalue weighted by Crippen LogP contribution is -2.65. The molecule has 2 aliphatic rings. The van der Waals surface area contributed by atoms with Crippen LogP contribution in [0.4, 0.5) is 0 Å². The van der Waals surface area contributed by atoms with E-state index in [1.54, 1.807) is 13.0 Å². The lowest BCUT2D eigenvalue weighted by atomic mass is 9.97. The maximum Gasteiger partial charge on any atom is 0.220 e. The van der Waals surface area contributed by atoms with Gasteiger partial charge in [0.15, 0.2) is 12.6 Å². The van der Waals surface area contributed by atoms with Gasteiger partial charge in [0, 0.05) is 6.42 Å². The number of ether oxygens (including phenoxy) is 4. The molecule has 0 aromatic heterocycles. The molecule has 0 spiro atoms. The third-order valence-electron chi connectivity index (χ3n) is 12.5. The SMILES string of the molecule is CCCCCCCCCCCCCCCCCCCCCCCCC/C=C/CC/C=C/C(O)C(COC1OC(CO)C(OC2OC(CO)C(O)C(O)C2O)C(O)C1O)NC(=O)CC. The summed E-state index contributed by atoms with van der Waals surface area (Å²) in [5.74, 6) is -0.337. The van der Waals surface area contributed by atoms with Crippen LogP contribution in [0.25, 0.3) is 0 Å². The molecule has 0 bridgehead atoms. The molecule has 1 amide bonds. The summed E-state index contributed by atoms with van der Waals surface area (Å²) in [4.78, 5) is 12.3. The second kappa shape index (κ2) is 36.6. The smallest absolute Gasteiger partial charge is 0.220 e. The number of unbranched alkanes of at least 4 members (excludes halogenated alkanes) is 24. The summed E-state index contributed by atoms with van der Waals surface area (Å²) in [5, 5.41) is 85.4. The van der Waals surface area contributed by atoms with Crippen LogP contribution >= 0.6 is 0 Å². The first-order chi connectivity index (χ1) is 30.6. The van der Waals surface area contributed by atoms with Gasteiger partial charge >= 0.3 is 0 Å². The number of rotatable bonds is 38. The van der Waals surface area contributed by atoms with E-state index >= 15 is 0 Å². The summed E-state index contributed by atoms with van der Waals surface area (Å²) >= 11 is 0. The molecule has 0 aromatic carbocycles. The van der Waals surface area contributed by atoms with Crippen molar-refractivity contribution in [1.29, 1.82) is 0 Å². The highest BCUT2D eigenvalue weighted by Crippen LogP contribution is 2.30. The van der Waals surface area contributed by atoms with E-state index in [1.165, 1.54) is 148 Å². The van der Waals surface area contributed by atoms with E-state index in [2.05, 4.69) is 24.4 Å². The van der Waals surface area contributed by atoms with E-state index in [-0.39, 0.29) is 18.9 Å². The molecule has 2 aliphatic heterocycles. The summed E-state index contributed by atoms with van der Waals surface area (Å²) < 4.78 is 22.3. The Balaban J connectivity index is 1.55. The Kier molecular flexibility index (Phi) is 33.4. The highest BCUT2D eigenvalue weighted by Gasteiger charge is 2.51. The number of aliphatic hydroxyl groups is 8. The molecule has 0 aromatic rings. The van der Waals surface area contributed by atoms with Gasteiger partial charge in [-0.05, 0) is 25.7 Å². The second-order valence-electron chi connectivity index (χ2n) is 17.9. The summed E-state index contributed by atoms with van der Waals surface area (Å²) in [7, 11) is 0. The van der Waals surface area contributed by atoms with E-state index < -0.39 is 86.8 Å². The lowest BCUT2D eigenvalue weighted by molar-refractivity contribution is -0.359. The monoisotopic (exact) mass is 902 g/mol. The number of nitrogens with one attached hydrogen (secondary N) is 1. The predicted molar refractivity (Wildman–Crippen MR) is 245 cm³/mol. The number of carbonyl (C=O) groups excluding carboxylic acids is 1. The van der Waals surface area contributed by atoms with Crippen molar-refractivity contribution in [3.05, 3.63) is 24.3 Å². The van der Waals surface area contributed by atoms with Gasteiger partial charge in [0.05, 0.1) is 32.0 Å². The Hall–Kier alpha value is -1.53. The lowest BCUT2D eigenvalue weighted by Gasteiger charge is -2.46. The molecular weight excluding hydrogens is 811 g/mol. The van der Waals surface area contributed by atoms with E-state index in [1.807, 2.05) is 6.08 Å². The maximum atomic E-state index is 12.3. The molecular formula is C49H91NO13. The average Bonchev–Trinajstić information content (AvgIpc) is 3.28. The minimum absolute atomic E-state index is 0.155. The van der Waals surface area contributed by atoms with Crippen molar-refractivity contribution >= 4 is 5.91 Å². The highest BCUT2D eigenvalue weighted by molar-refractivity contribution is 5.75. The normalized spacial score (nSPS) is 27.7. The minimum atomic E-state index is -1.79. The van der Waals surface area contributed by atoms with Crippen LogP contribution < -0.4 is 5.32 Å². The number of hydrogen-bond acceptors (Lipinski definition) is 13. The highest BCUT2D eigenvalue weighted by atomic mass is 16.7. The van der Waals surface area contributed by atoms with Crippen molar-refractivity contribution in [2.24, 2.45) is 0 Å². The summed E-state index contributed by atoms with van der Waals surface area (Å²) in [5.41, 5.74) is 0. The van der Waals surface area contributed by atoms with Gasteiger partial charge in [-0.2, -0.15) is 0 Å². The molecule has 63 heavy (non-hydrogen) atoms. The van der Waals surface area contributed by atoms with Gasteiger partial charge < -0.3 is 65.1 Å². The zero-order chi connectivity index (χ0) is 46.1. The first-order valence-corrected chi connectivity index (χ1v) is 25.1. The fourth-order valence-electron chi connectivity index (χ4n) is 8.27. The number of aliphatic hydroxyl groups excluding tert-OH is 8. The van der Waals surface area contributed by atoms with Crippen LogP contribution in [0, 0.1) is 0 Å². The predicted octanol–water partition coefficient (Wildman–Crippen LogP) is 6.16. The Morgan fingerprint density at radius 1 is 0.556 bits per heavy atom. The van der Waals surface area contributed by atoms with Crippen LogP contribution in [0.3, 0.4) is 0 Å². The third kappa shape index (κ3) is 24.2. The van der Waals surface area contributed by atoms with Gasteiger partial charge in [-0.1, -0.05) is 179 Å². The first kappa shape index (κ1) is 57.6. The van der Waals surface area contributed by atoms with Gasteiger partial charge in [-0.15, -0.1) is 0 Å². The Labute approximate surface area is 379 Å². The summed E-state index contributed by atoms with van der Waals surface area (Å²) in [6.07, 6.45) is 25.3. The van der Waals surface area contributed by atoms with Crippen molar-refractivity contribution in [3.8, 4) is 0 Å². The maximum absolute atomic E-state index is 12.3. The molecule has 2 saturated heterocycles. The fraction of sp³-hybridized carbons (Fsp3) is 0.898. The largest absolute Gasteiger partial charge is 0.394 e. The van der Waals surface area contributed by atoms with Crippen LogP contribution in [0.5, 0.6) is 0 Å². The van der Waals surface area contributed by atoms with E-state index in [0.717, 1.165) is 12.8 Å². The van der Waals surface area contributed by atoms with Gasteiger partial charge in [0.1, 0.15) is 48.8 Å². The van der Waals surface area contributed by atoms with Crippen LogP contribution in [0.1, 0.15) is 187 Å². The van der Waals surface area contributed by atoms with Crippen LogP contribution in [0.15, 0.2) is 24.3 Å². The molecule has 0 radical (unpaired) electrons. The number of carbonyl (C=O) groups is 1. The molecule has 0 saturated carbocycles. The van der Waals surface area contributed by atoms with Crippen LogP contribution in [-0.4, -0.2) is 140 Å². The molecule has 0 aliphatic carbocycles.